The second-order valence-electron chi connectivity index (χ2n) is 4.88. The monoisotopic (exact) mass is 270 g/mol. The zero-order valence-corrected chi connectivity index (χ0v) is 11.8. The van der Waals surface area contributed by atoms with E-state index >= 15 is 0 Å². The molecular formula is C12H19ClN4O. The van der Waals surface area contributed by atoms with Crippen LogP contribution in [-0.4, -0.2) is 34.1 Å². The predicted octanol–water partition coefficient (Wildman–Crippen LogP) is 2.55. The van der Waals surface area contributed by atoms with Crippen molar-refractivity contribution in [3.05, 3.63) is 5.28 Å². The highest BCUT2D eigenvalue weighted by atomic mass is 35.5. The third-order valence-electron chi connectivity index (χ3n) is 3.05. The van der Waals surface area contributed by atoms with Gasteiger partial charge in [-0.1, -0.05) is 13.8 Å². The Morgan fingerprint density at radius 1 is 1.33 bits per heavy atom. The average molecular weight is 271 g/mol. The van der Waals surface area contributed by atoms with Gasteiger partial charge >= 0.3 is 6.01 Å². The predicted molar refractivity (Wildman–Crippen MR) is 71.2 cm³/mol. The SMILES string of the molecule is CCCOc1nc(Cl)nc(N2CC(C)CC2C)n1. The topological polar surface area (TPSA) is 51.1 Å². The van der Waals surface area contributed by atoms with Crippen LogP contribution in [0.3, 0.4) is 0 Å². The molecule has 2 atom stereocenters. The molecule has 0 bridgehead atoms. The first kappa shape index (κ1) is 13.3. The smallest absolute Gasteiger partial charge is 0.322 e. The second kappa shape index (κ2) is 5.69. The summed E-state index contributed by atoms with van der Waals surface area (Å²) in [6.45, 7) is 7.98. The maximum Gasteiger partial charge on any atom is 0.322 e. The van der Waals surface area contributed by atoms with Gasteiger partial charge in [0.25, 0.3) is 0 Å². The first-order chi connectivity index (χ1) is 8.60. The Morgan fingerprint density at radius 2 is 2.11 bits per heavy atom. The van der Waals surface area contributed by atoms with Crippen molar-refractivity contribution in [1.82, 2.24) is 15.0 Å². The minimum absolute atomic E-state index is 0.192. The molecule has 2 unspecified atom stereocenters. The van der Waals surface area contributed by atoms with Gasteiger partial charge in [0.05, 0.1) is 6.61 Å². The van der Waals surface area contributed by atoms with E-state index in [-0.39, 0.29) is 5.28 Å². The highest BCUT2D eigenvalue weighted by Crippen LogP contribution is 2.27. The van der Waals surface area contributed by atoms with E-state index in [0.717, 1.165) is 19.4 Å². The molecule has 100 valence electrons. The molecule has 1 saturated heterocycles. The fourth-order valence-electron chi connectivity index (χ4n) is 2.29. The molecule has 1 aliphatic heterocycles. The zero-order chi connectivity index (χ0) is 13.1. The van der Waals surface area contributed by atoms with E-state index in [4.69, 9.17) is 16.3 Å². The number of ether oxygens (including phenoxy) is 1. The molecule has 5 nitrogen and oxygen atoms in total. The Labute approximate surface area is 113 Å². The van der Waals surface area contributed by atoms with E-state index in [1.54, 1.807) is 0 Å². The molecule has 18 heavy (non-hydrogen) atoms. The highest BCUT2D eigenvalue weighted by molar-refractivity contribution is 6.28. The quantitative estimate of drug-likeness (QED) is 0.842. The molecule has 2 heterocycles. The van der Waals surface area contributed by atoms with E-state index in [0.29, 0.717) is 30.5 Å². The number of hydrogen-bond donors (Lipinski definition) is 0. The van der Waals surface area contributed by atoms with Gasteiger partial charge in [0.2, 0.25) is 11.2 Å². The molecule has 0 N–H and O–H groups in total. The van der Waals surface area contributed by atoms with Crippen LogP contribution in [0.25, 0.3) is 0 Å². The average Bonchev–Trinajstić information content (AvgIpc) is 2.65. The fourth-order valence-corrected chi connectivity index (χ4v) is 2.43. The lowest BCUT2D eigenvalue weighted by Crippen LogP contribution is -2.29. The van der Waals surface area contributed by atoms with Crippen molar-refractivity contribution in [2.45, 2.75) is 39.7 Å². The van der Waals surface area contributed by atoms with Crippen molar-refractivity contribution >= 4 is 17.5 Å². The van der Waals surface area contributed by atoms with Crippen molar-refractivity contribution < 1.29 is 4.74 Å². The summed E-state index contributed by atoms with van der Waals surface area (Å²) >= 11 is 5.92. The number of aromatic nitrogens is 3. The lowest BCUT2D eigenvalue weighted by molar-refractivity contribution is 0.291. The molecule has 1 fully saturated rings. The molecule has 6 heteroatoms. The molecule has 0 aromatic carbocycles. The number of anilines is 1. The van der Waals surface area contributed by atoms with E-state index in [1.807, 2.05) is 6.92 Å². The Hall–Kier alpha value is -1.10. The van der Waals surface area contributed by atoms with Gasteiger partial charge in [0, 0.05) is 12.6 Å². The third-order valence-corrected chi connectivity index (χ3v) is 3.22. The zero-order valence-electron chi connectivity index (χ0n) is 11.1. The minimum Gasteiger partial charge on any atom is -0.463 e. The fraction of sp³-hybridized carbons (Fsp3) is 0.750. The lowest BCUT2D eigenvalue weighted by atomic mass is 10.1. The van der Waals surface area contributed by atoms with Gasteiger partial charge in [0.15, 0.2) is 0 Å². The van der Waals surface area contributed by atoms with Crippen LogP contribution in [0.1, 0.15) is 33.6 Å². The minimum atomic E-state index is 0.192. The molecule has 0 radical (unpaired) electrons. The summed E-state index contributed by atoms with van der Waals surface area (Å²) in [7, 11) is 0. The molecule has 0 spiro atoms. The van der Waals surface area contributed by atoms with Crippen LogP contribution in [0.5, 0.6) is 6.01 Å². The normalized spacial score (nSPS) is 23.4. The summed E-state index contributed by atoms with van der Waals surface area (Å²) < 4.78 is 5.42. The van der Waals surface area contributed by atoms with Crippen LogP contribution < -0.4 is 9.64 Å². The van der Waals surface area contributed by atoms with Gasteiger partial charge in [-0.25, -0.2) is 0 Å². The van der Waals surface area contributed by atoms with E-state index in [1.165, 1.54) is 0 Å². The van der Waals surface area contributed by atoms with Gasteiger partial charge in [0.1, 0.15) is 0 Å². The Morgan fingerprint density at radius 3 is 2.72 bits per heavy atom. The van der Waals surface area contributed by atoms with Crippen LogP contribution in [0.2, 0.25) is 5.28 Å². The Kier molecular flexibility index (Phi) is 4.22. The molecular weight excluding hydrogens is 252 g/mol. The maximum atomic E-state index is 5.92. The van der Waals surface area contributed by atoms with E-state index < -0.39 is 0 Å². The van der Waals surface area contributed by atoms with Crippen LogP contribution in [0.4, 0.5) is 5.95 Å². The van der Waals surface area contributed by atoms with Crippen LogP contribution >= 0.6 is 11.6 Å². The maximum absolute atomic E-state index is 5.92. The number of halogens is 1. The summed E-state index contributed by atoms with van der Waals surface area (Å²) in [6.07, 6.45) is 2.06. The molecule has 1 aromatic heterocycles. The van der Waals surface area contributed by atoms with Crippen LogP contribution in [-0.2, 0) is 0 Å². The number of rotatable bonds is 4. The van der Waals surface area contributed by atoms with Gasteiger partial charge in [-0.15, -0.1) is 0 Å². The van der Waals surface area contributed by atoms with Gasteiger partial charge in [-0.2, -0.15) is 15.0 Å². The summed E-state index contributed by atoms with van der Waals surface area (Å²) in [5.41, 5.74) is 0. The van der Waals surface area contributed by atoms with E-state index in [9.17, 15) is 0 Å². The first-order valence-electron chi connectivity index (χ1n) is 6.41. The van der Waals surface area contributed by atoms with Crippen molar-refractivity contribution in [3.63, 3.8) is 0 Å². The molecule has 1 aromatic rings. The number of hydrogen-bond acceptors (Lipinski definition) is 5. The van der Waals surface area contributed by atoms with Crippen molar-refractivity contribution in [1.29, 1.82) is 0 Å². The lowest BCUT2D eigenvalue weighted by Gasteiger charge is -2.21. The second-order valence-corrected chi connectivity index (χ2v) is 5.22. The summed E-state index contributed by atoms with van der Waals surface area (Å²) in [5.74, 6) is 1.27. The van der Waals surface area contributed by atoms with Crippen molar-refractivity contribution in [2.75, 3.05) is 18.1 Å². The van der Waals surface area contributed by atoms with Crippen LogP contribution in [0, 0.1) is 5.92 Å². The number of nitrogens with zero attached hydrogens (tertiary/aromatic N) is 4. The first-order valence-corrected chi connectivity index (χ1v) is 6.79. The van der Waals surface area contributed by atoms with Gasteiger partial charge < -0.3 is 9.64 Å². The van der Waals surface area contributed by atoms with Crippen molar-refractivity contribution in [3.8, 4) is 6.01 Å². The Balaban J connectivity index is 2.19. The van der Waals surface area contributed by atoms with E-state index in [2.05, 4.69) is 33.7 Å². The molecule has 1 aliphatic rings. The summed E-state index contributed by atoms with van der Waals surface area (Å²) in [4.78, 5) is 14.7. The molecule has 0 aliphatic carbocycles. The standard InChI is InChI=1S/C12H19ClN4O/c1-4-5-18-12-15-10(13)14-11(16-12)17-7-8(2)6-9(17)3/h8-9H,4-7H2,1-3H3. The molecule has 0 amide bonds. The van der Waals surface area contributed by atoms with Gasteiger partial charge in [-0.05, 0) is 37.3 Å². The summed E-state index contributed by atoms with van der Waals surface area (Å²) in [5, 5.41) is 0.192. The highest BCUT2D eigenvalue weighted by Gasteiger charge is 2.28. The molecule has 0 saturated carbocycles. The summed E-state index contributed by atoms with van der Waals surface area (Å²) in [6, 6.07) is 0.746. The largest absolute Gasteiger partial charge is 0.463 e. The van der Waals surface area contributed by atoms with Crippen molar-refractivity contribution in [2.24, 2.45) is 5.92 Å². The Bertz CT molecular complexity index is 415. The van der Waals surface area contributed by atoms with Crippen LogP contribution in [0.15, 0.2) is 0 Å². The van der Waals surface area contributed by atoms with Gasteiger partial charge in [-0.3, -0.25) is 0 Å². The molecule has 2 rings (SSSR count). The third kappa shape index (κ3) is 3.02.